The number of amides is 2. The Morgan fingerprint density at radius 3 is 2.69 bits per heavy atom. The number of hydrogen-bond acceptors (Lipinski definition) is 5. The van der Waals surface area contributed by atoms with Gasteiger partial charge < -0.3 is 21.7 Å². The molecule has 3 aromatic rings. The van der Waals surface area contributed by atoms with Crippen molar-refractivity contribution in [3.8, 4) is 0 Å². The number of para-hydroxylation sites is 1. The lowest BCUT2D eigenvalue weighted by Gasteiger charge is -2.21. The van der Waals surface area contributed by atoms with Crippen LogP contribution in [0.5, 0.6) is 0 Å². The van der Waals surface area contributed by atoms with E-state index in [1.165, 1.54) is 0 Å². The summed E-state index contributed by atoms with van der Waals surface area (Å²) >= 11 is 0. The molecule has 4 rings (SSSR count). The number of carbonyl (C=O) groups is 2. The van der Waals surface area contributed by atoms with E-state index in [9.17, 15) is 9.59 Å². The van der Waals surface area contributed by atoms with Crippen molar-refractivity contribution in [3.63, 3.8) is 0 Å². The molecule has 1 fully saturated rings. The molecule has 1 aromatic heterocycles. The van der Waals surface area contributed by atoms with Crippen LogP contribution in [0.1, 0.15) is 18.4 Å². The van der Waals surface area contributed by atoms with Crippen LogP contribution in [-0.4, -0.2) is 42.0 Å². The Hall–Kier alpha value is -3.29. The number of anilines is 1. The molecule has 166 valence electrons. The van der Waals surface area contributed by atoms with Crippen LogP contribution >= 0.6 is 0 Å². The van der Waals surface area contributed by atoms with Gasteiger partial charge in [-0.1, -0.05) is 48.5 Å². The standard InChI is InChI=1S/C25H29N5O2/c26-15-18-14-22(28-16-18)25(32)30-21(12-11-17-6-2-1-3-7-17)24(31)29-20-10-4-8-19-9-5-13-27-23(19)20/h1-10,13,18,21-22,28H,11-12,14-16,26H2,(H,29,31)(H,30,32)/t18-,21?,22-/m1/s1. The van der Waals surface area contributed by atoms with Crippen molar-refractivity contribution in [1.29, 1.82) is 0 Å². The van der Waals surface area contributed by atoms with Gasteiger partial charge >= 0.3 is 0 Å². The maximum absolute atomic E-state index is 13.3. The number of fused-ring (bicyclic) bond motifs is 1. The van der Waals surface area contributed by atoms with Crippen LogP contribution in [-0.2, 0) is 16.0 Å². The fourth-order valence-corrected chi connectivity index (χ4v) is 4.11. The highest BCUT2D eigenvalue weighted by Crippen LogP contribution is 2.21. The first-order valence-electron chi connectivity index (χ1n) is 11.1. The van der Waals surface area contributed by atoms with Crippen LogP contribution in [0.2, 0.25) is 0 Å². The molecule has 5 N–H and O–H groups in total. The average Bonchev–Trinajstić information content (AvgIpc) is 3.32. The quantitative estimate of drug-likeness (QED) is 0.437. The maximum atomic E-state index is 13.3. The second-order valence-corrected chi connectivity index (χ2v) is 8.25. The van der Waals surface area contributed by atoms with Gasteiger partial charge in [-0.25, -0.2) is 0 Å². The lowest BCUT2D eigenvalue weighted by Crippen LogP contribution is -2.50. The van der Waals surface area contributed by atoms with Gasteiger partial charge in [-0.05, 0) is 56.0 Å². The maximum Gasteiger partial charge on any atom is 0.247 e. The molecule has 0 spiro atoms. The zero-order chi connectivity index (χ0) is 22.3. The number of benzene rings is 2. The van der Waals surface area contributed by atoms with E-state index in [0.717, 1.165) is 23.0 Å². The Bertz CT molecular complexity index is 1070. The van der Waals surface area contributed by atoms with Crippen LogP contribution in [0.4, 0.5) is 5.69 Å². The summed E-state index contributed by atoms with van der Waals surface area (Å²) in [6.45, 7) is 1.26. The van der Waals surface area contributed by atoms with E-state index < -0.39 is 6.04 Å². The van der Waals surface area contributed by atoms with E-state index in [-0.39, 0.29) is 23.8 Å². The first-order valence-corrected chi connectivity index (χ1v) is 11.1. The molecule has 7 heteroatoms. The van der Waals surface area contributed by atoms with Gasteiger partial charge in [-0.3, -0.25) is 14.6 Å². The minimum atomic E-state index is -0.666. The molecule has 0 aliphatic carbocycles. The molecule has 2 heterocycles. The first-order chi connectivity index (χ1) is 15.6. The smallest absolute Gasteiger partial charge is 0.247 e. The number of carbonyl (C=O) groups excluding carboxylic acids is 2. The molecule has 3 atom stereocenters. The average molecular weight is 432 g/mol. The fourth-order valence-electron chi connectivity index (χ4n) is 4.11. The zero-order valence-corrected chi connectivity index (χ0v) is 18.0. The molecule has 0 radical (unpaired) electrons. The molecule has 2 aromatic carbocycles. The Labute approximate surface area is 187 Å². The van der Waals surface area contributed by atoms with Gasteiger partial charge in [0.1, 0.15) is 6.04 Å². The number of aryl methyl sites for hydroxylation is 1. The molecule has 1 aliphatic heterocycles. The SMILES string of the molecule is NC[C@@H]1CN[C@@H](C(=O)NC(CCc2ccccc2)C(=O)Nc2cccc3cccnc23)C1. The van der Waals surface area contributed by atoms with Gasteiger partial charge in [-0.2, -0.15) is 0 Å². The van der Waals surface area contributed by atoms with Crippen LogP contribution in [0, 0.1) is 5.92 Å². The van der Waals surface area contributed by atoms with Gasteiger partial charge in [0.2, 0.25) is 11.8 Å². The number of nitrogens with one attached hydrogen (secondary N) is 3. The normalized spacial score (nSPS) is 18.9. The van der Waals surface area contributed by atoms with Crippen molar-refractivity contribution in [2.24, 2.45) is 11.7 Å². The van der Waals surface area contributed by atoms with Crippen LogP contribution < -0.4 is 21.7 Å². The monoisotopic (exact) mass is 431 g/mol. The van der Waals surface area contributed by atoms with Gasteiger partial charge in [0.05, 0.1) is 17.2 Å². The third kappa shape index (κ3) is 5.30. The lowest BCUT2D eigenvalue weighted by atomic mass is 10.0. The molecule has 1 saturated heterocycles. The van der Waals surface area contributed by atoms with Gasteiger partial charge in [0.15, 0.2) is 0 Å². The summed E-state index contributed by atoms with van der Waals surface area (Å²) in [5.74, 6) is -0.130. The molecular weight excluding hydrogens is 402 g/mol. The van der Waals surface area contributed by atoms with E-state index >= 15 is 0 Å². The largest absolute Gasteiger partial charge is 0.343 e. The minimum absolute atomic E-state index is 0.162. The number of pyridine rings is 1. The summed E-state index contributed by atoms with van der Waals surface area (Å²) in [6.07, 6.45) is 3.55. The van der Waals surface area contributed by atoms with E-state index in [1.807, 2.05) is 60.7 Å². The van der Waals surface area contributed by atoms with Crippen molar-refractivity contribution >= 4 is 28.4 Å². The molecule has 0 bridgehead atoms. The van der Waals surface area contributed by atoms with E-state index in [4.69, 9.17) is 5.73 Å². The third-order valence-electron chi connectivity index (χ3n) is 5.96. The molecule has 32 heavy (non-hydrogen) atoms. The highest BCUT2D eigenvalue weighted by atomic mass is 16.2. The number of hydrogen-bond donors (Lipinski definition) is 4. The van der Waals surface area contributed by atoms with E-state index in [1.54, 1.807) is 6.20 Å². The summed E-state index contributed by atoms with van der Waals surface area (Å²) in [5.41, 5.74) is 8.22. The second kappa shape index (κ2) is 10.3. The van der Waals surface area contributed by atoms with Crippen LogP contribution in [0.3, 0.4) is 0 Å². The number of nitrogens with zero attached hydrogens (tertiary/aromatic N) is 1. The summed E-state index contributed by atoms with van der Waals surface area (Å²) in [6, 6.07) is 18.4. The molecule has 0 saturated carbocycles. The predicted octanol–water partition coefficient (Wildman–Crippen LogP) is 2.23. The zero-order valence-electron chi connectivity index (χ0n) is 18.0. The number of nitrogens with two attached hydrogens (primary N) is 1. The Balaban J connectivity index is 1.49. The highest BCUT2D eigenvalue weighted by Gasteiger charge is 2.31. The van der Waals surface area contributed by atoms with E-state index in [2.05, 4.69) is 20.9 Å². The molecule has 1 aliphatic rings. The summed E-state index contributed by atoms with van der Waals surface area (Å²) in [7, 11) is 0. The second-order valence-electron chi connectivity index (χ2n) is 8.25. The Morgan fingerprint density at radius 1 is 1.09 bits per heavy atom. The molecule has 1 unspecified atom stereocenters. The van der Waals surface area contributed by atoms with Gasteiger partial charge in [-0.15, -0.1) is 0 Å². The third-order valence-corrected chi connectivity index (χ3v) is 5.96. The molecular formula is C25H29N5O2. The van der Waals surface area contributed by atoms with E-state index in [0.29, 0.717) is 31.5 Å². The summed E-state index contributed by atoms with van der Waals surface area (Å²) < 4.78 is 0. The Kier molecular flexibility index (Phi) is 7.09. The topological polar surface area (TPSA) is 109 Å². The highest BCUT2D eigenvalue weighted by molar-refractivity contribution is 6.03. The summed E-state index contributed by atoms with van der Waals surface area (Å²) in [4.78, 5) is 30.6. The van der Waals surface area contributed by atoms with Crippen LogP contribution in [0.15, 0.2) is 66.9 Å². The van der Waals surface area contributed by atoms with Crippen molar-refractivity contribution in [1.82, 2.24) is 15.6 Å². The van der Waals surface area contributed by atoms with Crippen molar-refractivity contribution in [3.05, 3.63) is 72.4 Å². The predicted molar refractivity (Wildman–Crippen MR) is 126 cm³/mol. The van der Waals surface area contributed by atoms with Crippen LogP contribution in [0.25, 0.3) is 10.9 Å². The van der Waals surface area contributed by atoms with Crippen molar-refractivity contribution in [2.75, 3.05) is 18.4 Å². The summed E-state index contributed by atoms with van der Waals surface area (Å²) in [5, 5.41) is 10.1. The van der Waals surface area contributed by atoms with Crippen molar-refractivity contribution < 1.29 is 9.59 Å². The number of aromatic nitrogens is 1. The van der Waals surface area contributed by atoms with Gasteiger partial charge in [0.25, 0.3) is 0 Å². The van der Waals surface area contributed by atoms with Gasteiger partial charge in [0, 0.05) is 11.6 Å². The Morgan fingerprint density at radius 2 is 1.91 bits per heavy atom. The fraction of sp³-hybridized carbons (Fsp3) is 0.320. The molecule has 2 amide bonds. The first kappa shape index (κ1) is 21.9. The number of rotatable bonds is 8. The molecule has 7 nitrogen and oxygen atoms in total. The van der Waals surface area contributed by atoms with Crippen molar-refractivity contribution in [2.45, 2.75) is 31.3 Å². The minimum Gasteiger partial charge on any atom is -0.343 e. The lowest BCUT2D eigenvalue weighted by molar-refractivity contribution is -0.127.